The van der Waals surface area contributed by atoms with Gasteiger partial charge in [-0.3, -0.25) is 0 Å². The number of rotatable bonds is 2. The van der Waals surface area contributed by atoms with E-state index >= 15 is 0 Å². The van der Waals surface area contributed by atoms with E-state index in [2.05, 4.69) is 11.5 Å². The molecule has 0 aliphatic heterocycles. The molecule has 0 aromatic carbocycles. The Morgan fingerprint density at radius 1 is 1.40 bits per heavy atom. The van der Waals surface area contributed by atoms with Crippen LogP contribution in [0.25, 0.3) is 0 Å². The smallest absolute Gasteiger partial charge is 0.169 e. The number of pyridine rings is 1. The summed E-state index contributed by atoms with van der Waals surface area (Å²) in [6, 6.07) is 3.84. The fourth-order valence-corrected chi connectivity index (χ4v) is 0.804. The molecule has 1 aromatic heterocycles. The topological polar surface area (TPSA) is 24.1 Å². The Labute approximate surface area is 60.8 Å². The maximum absolute atomic E-state index is 8.69. The number of hydrogen-bond acceptors (Lipinski definition) is 1. The van der Waals surface area contributed by atoms with Crippen LogP contribution in [0.4, 0.5) is 0 Å². The minimum Gasteiger partial charge on any atom is -0.392 e. The summed E-state index contributed by atoms with van der Waals surface area (Å²) in [5.41, 5.74) is 0.963. The van der Waals surface area contributed by atoms with Crippen LogP contribution in [0, 0.1) is 0 Å². The molecule has 0 saturated carbocycles. The molecule has 0 saturated heterocycles. The normalized spacial score (nSPS) is 9.80. The highest BCUT2D eigenvalue weighted by molar-refractivity contribution is 5.04. The van der Waals surface area contributed by atoms with E-state index in [1.807, 2.05) is 24.5 Å². The number of hydrogen-bond donors (Lipinski definition) is 1. The van der Waals surface area contributed by atoms with Gasteiger partial charge in [0.15, 0.2) is 12.4 Å². The Kier molecular flexibility index (Phi) is 2.40. The van der Waals surface area contributed by atoms with Crippen LogP contribution in [0.1, 0.15) is 12.5 Å². The summed E-state index contributed by atoms with van der Waals surface area (Å²) in [5, 5.41) is 8.69. The van der Waals surface area contributed by atoms with Gasteiger partial charge in [-0.15, -0.1) is 0 Å². The van der Waals surface area contributed by atoms with Crippen molar-refractivity contribution in [2.24, 2.45) is 0 Å². The second-order valence-corrected chi connectivity index (χ2v) is 2.19. The van der Waals surface area contributed by atoms with Crippen LogP contribution >= 0.6 is 0 Å². The fraction of sp³-hybridized carbons (Fsp3) is 0.375. The second-order valence-electron chi connectivity index (χ2n) is 2.19. The molecule has 1 N–H and O–H groups in total. The number of aryl methyl sites for hydroxylation is 1. The molecule has 0 amide bonds. The van der Waals surface area contributed by atoms with Gasteiger partial charge in [0.25, 0.3) is 0 Å². The molecule has 1 aromatic rings. The Bertz CT molecular complexity index is 170. The van der Waals surface area contributed by atoms with E-state index in [1.165, 1.54) is 0 Å². The molecule has 54 valence electrons. The molecule has 0 fully saturated rings. The van der Waals surface area contributed by atoms with Crippen molar-refractivity contribution in [1.29, 1.82) is 0 Å². The Morgan fingerprint density at radius 2 is 2.00 bits per heavy atom. The van der Waals surface area contributed by atoms with E-state index in [9.17, 15) is 0 Å². The average Bonchev–Trinajstić information content (AvgIpc) is 2.05. The largest absolute Gasteiger partial charge is 0.392 e. The third-order valence-electron chi connectivity index (χ3n) is 1.51. The number of aliphatic hydroxyl groups is 1. The van der Waals surface area contributed by atoms with Crippen LogP contribution in [0.3, 0.4) is 0 Å². The molecule has 0 radical (unpaired) electrons. The first-order valence-electron chi connectivity index (χ1n) is 3.45. The highest BCUT2D eigenvalue weighted by Gasteiger charge is 1.94. The summed E-state index contributed by atoms with van der Waals surface area (Å²) in [6.45, 7) is 3.19. The third kappa shape index (κ3) is 1.54. The summed E-state index contributed by atoms with van der Waals surface area (Å²) in [7, 11) is 0. The van der Waals surface area contributed by atoms with Crippen molar-refractivity contribution in [1.82, 2.24) is 0 Å². The molecule has 2 nitrogen and oxygen atoms in total. The molecule has 2 heteroatoms. The van der Waals surface area contributed by atoms with E-state index in [0.717, 1.165) is 12.1 Å². The van der Waals surface area contributed by atoms with Crippen molar-refractivity contribution in [3.8, 4) is 0 Å². The van der Waals surface area contributed by atoms with Gasteiger partial charge < -0.3 is 5.11 Å². The fourth-order valence-electron chi connectivity index (χ4n) is 0.804. The first-order chi connectivity index (χ1) is 4.86. The highest BCUT2D eigenvalue weighted by Crippen LogP contribution is 1.92. The summed E-state index contributed by atoms with van der Waals surface area (Å²) in [6.07, 6.45) is 3.93. The zero-order valence-electron chi connectivity index (χ0n) is 6.12. The SMILES string of the molecule is CC[n+]1ccc(CO)cc1. The molecule has 10 heavy (non-hydrogen) atoms. The molecular weight excluding hydrogens is 126 g/mol. The molecule has 0 bridgehead atoms. The summed E-state index contributed by atoms with van der Waals surface area (Å²) >= 11 is 0. The van der Waals surface area contributed by atoms with Crippen molar-refractivity contribution in [3.05, 3.63) is 30.1 Å². The molecule has 1 rings (SSSR count). The Hall–Kier alpha value is -0.890. The Balaban J connectivity index is 2.80. The van der Waals surface area contributed by atoms with E-state index in [1.54, 1.807) is 0 Å². The minimum absolute atomic E-state index is 0.130. The van der Waals surface area contributed by atoms with Crippen molar-refractivity contribution in [2.45, 2.75) is 20.1 Å². The molecule has 0 aliphatic rings. The van der Waals surface area contributed by atoms with Gasteiger partial charge >= 0.3 is 0 Å². The maximum atomic E-state index is 8.69. The van der Waals surface area contributed by atoms with Gasteiger partial charge in [-0.1, -0.05) is 0 Å². The zero-order chi connectivity index (χ0) is 7.40. The predicted octanol–water partition coefficient (Wildman–Crippen LogP) is 0.486. The molecule has 1 heterocycles. The van der Waals surface area contributed by atoms with Gasteiger partial charge in [-0.25, -0.2) is 4.57 Å². The standard InChI is InChI=1S/C8H12NO/c1-2-9-5-3-8(7-10)4-6-9/h3-6,10H,2,7H2,1H3/q+1. The lowest BCUT2D eigenvalue weighted by molar-refractivity contribution is -0.693. The van der Waals surface area contributed by atoms with E-state index in [4.69, 9.17) is 5.11 Å². The van der Waals surface area contributed by atoms with E-state index in [-0.39, 0.29) is 6.61 Å². The predicted molar refractivity (Wildman–Crippen MR) is 38.2 cm³/mol. The Morgan fingerprint density at radius 3 is 2.40 bits per heavy atom. The van der Waals surface area contributed by atoms with E-state index in [0.29, 0.717) is 0 Å². The summed E-state index contributed by atoms with van der Waals surface area (Å²) < 4.78 is 2.05. The lowest BCUT2D eigenvalue weighted by Crippen LogP contribution is -2.30. The number of aromatic nitrogens is 1. The van der Waals surface area contributed by atoms with Crippen LogP contribution in [0.5, 0.6) is 0 Å². The lowest BCUT2D eigenvalue weighted by atomic mass is 10.3. The third-order valence-corrected chi connectivity index (χ3v) is 1.51. The van der Waals surface area contributed by atoms with Gasteiger partial charge in [0.1, 0.15) is 6.54 Å². The van der Waals surface area contributed by atoms with Gasteiger partial charge in [0.2, 0.25) is 0 Å². The first kappa shape index (κ1) is 7.22. The van der Waals surface area contributed by atoms with Crippen LogP contribution in [0.2, 0.25) is 0 Å². The molecule has 0 atom stereocenters. The number of nitrogens with zero attached hydrogens (tertiary/aromatic N) is 1. The van der Waals surface area contributed by atoms with Crippen molar-refractivity contribution >= 4 is 0 Å². The summed E-state index contributed by atoms with van der Waals surface area (Å²) in [4.78, 5) is 0. The van der Waals surface area contributed by atoms with Crippen molar-refractivity contribution in [3.63, 3.8) is 0 Å². The van der Waals surface area contributed by atoms with Gasteiger partial charge in [0, 0.05) is 12.1 Å². The van der Waals surface area contributed by atoms with Crippen LogP contribution in [-0.2, 0) is 13.2 Å². The van der Waals surface area contributed by atoms with E-state index < -0.39 is 0 Å². The van der Waals surface area contributed by atoms with Gasteiger partial charge in [0.05, 0.1) is 6.61 Å². The lowest BCUT2D eigenvalue weighted by Gasteiger charge is -1.92. The van der Waals surface area contributed by atoms with Gasteiger partial charge in [-0.05, 0) is 12.5 Å². The second kappa shape index (κ2) is 3.32. The number of aliphatic hydroxyl groups excluding tert-OH is 1. The highest BCUT2D eigenvalue weighted by atomic mass is 16.3. The molecule has 0 spiro atoms. The van der Waals surface area contributed by atoms with Crippen molar-refractivity contribution in [2.75, 3.05) is 0 Å². The molecule has 0 unspecified atom stereocenters. The minimum atomic E-state index is 0.130. The monoisotopic (exact) mass is 138 g/mol. The summed E-state index contributed by atoms with van der Waals surface area (Å²) in [5.74, 6) is 0. The van der Waals surface area contributed by atoms with Gasteiger partial charge in [-0.2, -0.15) is 0 Å². The van der Waals surface area contributed by atoms with Crippen LogP contribution in [-0.4, -0.2) is 5.11 Å². The zero-order valence-corrected chi connectivity index (χ0v) is 6.12. The first-order valence-corrected chi connectivity index (χ1v) is 3.45. The maximum Gasteiger partial charge on any atom is 0.169 e. The van der Waals surface area contributed by atoms with Crippen molar-refractivity contribution < 1.29 is 9.67 Å². The average molecular weight is 138 g/mol. The van der Waals surface area contributed by atoms with Crippen LogP contribution < -0.4 is 4.57 Å². The molecule has 0 aliphatic carbocycles. The molecular formula is C8H12NO+. The quantitative estimate of drug-likeness (QED) is 0.591. The van der Waals surface area contributed by atoms with Crippen LogP contribution in [0.15, 0.2) is 24.5 Å².